The molecule has 2 unspecified atom stereocenters. The van der Waals surface area contributed by atoms with E-state index in [1.807, 2.05) is 20.0 Å². The third-order valence-electron chi connectivity index (χ3n) is 3.84. The number of nitrogens with zero attached hydrogens (tertiary/aromatic N) is 2. The van der Waals surface area contributed by atoms with Gasteiger partial charge in [-0.15, -0.1) is 0 Å². The molecule has 1 fully saturated rings. The number of aromatic nitrogens is 2. The summed E-state index contributed by atoms with van der Waals surface area (Å²) in [4.78, 5) is 11.9. The van der Waals surface area contributed by atoms with Gasteiger partial charge in [0.05, 0.1) is 11.8 Å². The van der Waals surface area contributed by atoms with Gasteiger partial charge in [-0.3, -0.25) is 10.00 Å². The zero-order valence-electron chi connectivity index (χ0n) is 12.2. The Bertz CT molecular complexity index is 458. The lowest BCUT2D eigenvalue weighted by Crippen LogP contribution is -2.35. The summed E-state index contributed by atoms with van der Waals surface area (Å²) < 4.78 is 1.67. The molecule has 3 N–H and O–H groups in total. The Kier molecular flexibility index (Phi) is 5.00. The van der Waals surface area contributed by atoms with Gasteiger partial charge in [0.25, 0.3) is 0 Å². The Balaban J connectivity index is 1.78. The second-order valence-electron chi connectivity index (χ2n) is 5.52. The molecule has 6 heteroatoms. The van der Waals surface area contributed by atoms with Crippen molar-refractivity contribution in [1.82, 2.24) is 15.1 Å². The number of aryl methyl sites for hydroxylation is 2. The van der Waals surface area contributed by atoms with Crippen LogP contribution in [0.25, 0.3) is 0 Å². The molecule has 0 saturated heterocycles. The maximum atomic E-state index is 11.9. The maximum Gasteiger partial charge on any atom is 0.320 e. The molecule has 1 saturated carbocycles. The number of anilines is 1. The average Bonchev–Trinajstić information content (AvgIpc) is 2.77. The summed E-state index contributed by atoms with van der Waals surface area (Å²) in [7, 11) is 1.81. The lowest BCUT2D eigenvalue weighted by molar-refractivity contribution is 0.101. The van der Waals surface area contributed by atoms with Crippen LogP contribution in [0.2, 0.25) is 0 Å². The van der Waals surface area contributed by atoms with Crippen LogP contribution >= 0.6 is 0 Å². The predicted molar refractivity (Wildman–Crippen MR) is 77.6 cm³/mol. The van der Waals surface area contributed by atoms with Crippen LogP contribution < -0.4 is 10.6 Å². The van der Waals surface area contributed by atoms with E-state index in [2.05, 4.69) is 15.7 Å². The number of rotatable bonds is 4. The normalized spacial score (nSPS) is 22.6. The van der Waals surface area contributed by atoms with Crippen molar-refractivity contribution < 1.29 is 9.90 Å². The lowest BCUT2D eigenvalue weighted by atomic mass is 9.87. The summed E-state index contributed by atoms with van der Waals surface area (Å²) in [5.41, 5.74) is 0.957. The van der Waals surface area contributed by atoms with Gasteiger partial charge in [-0.25, -0.2) is 4.79 Å². The van der Waals surface area contributed by atoms with Crippen LogP contribution in [-0.2, 0) is 13.5 Å². The topological polar surface area (TPSA) is 79.2 Å². The molecule has 2 atom stereocenters. The second kappa shape index (κ2) is 6.74. The first kappa shape index (κ1) is 14.8. The highest BCUT2D eigenvalue weighted by Gasteiger charge is 2.20. The first-order valence-corrected chi connectivity index (χ1v) is 7.34. The van der Waals surface area contributed by atoms with Gasteiger partial charge >= 0.3 is 6.03 Å². The second-order valence-corrected chi connectivity index (χ2v) is 5.52. The fourth-order valence-corrected chi connectivity index (χ4v) is 2.66. The first-order valence-electron chi connectivity index (χ1n) is 7.34. The summed E-state index contributed by atoms with van der Waals surface area (Å²) >= 11 is 0. The van der Waals surface area contributed by atoms with Gasteiger partial charge in [0, 0.05) is 19.7 Å². The van der Waals surface area contributed by atoms with E-state index in [0.717, 1.165) is 37.8 Å². The van der Waals surface area contributed by atoms with Crippen LogP contribution in [0.1, 0.15) is 38.3 Å². The van der Waals surface area contributed by atoms with Crippen molar-refractivity contribution in [1.29, 1.82) is 0 Å². The minimum atomic E-state index is -0.212. The van der Waals surface area contributed by atoms with E-state index in [4.69, 9.17) is 0 Å². The van der Waals surface area contributed by atoms with E-state index < -0.39 is 0 Å². The van der Waals surface area contributed by atoms with Crippen LogP contribution in [0.15, 0.2) is 6.07 Å². The summed E-state index contributed by atoms with van der Waals surface area (Å²) in [6.07, 6.45) is 4.42. The van der Waals surface area contributed by atoms with Crippen molar-refractivity contribution >= 4 is 11.8 Å². The molecule has 0 bridgehead atoms. The number of amides is 2. The Labute approximate surface area is 119 Å². The molecule has 0 aliphatic heterocycles. The first-order chi connectivity index (χ1) is 9.58. The van der Waals surface area contributed by atoms with Crippen molar-refractivity contribution in [3.8, 4) is 0 Å². The maximum absolute atomic E-state index is 11.9. The molecule has 1 aromatic rings. The quantitative estimate of drug-likeness (QED) is 0.784. The smallest absolute Gasteiger partial charge is 0.320 e. The molecule has 1 heterocycles. The molecule has 0 aromatic carbocycles. The Morgan fingerprint density at radius 3 is 3.00 bits per heavy atom. The van der Waals surface area contributed by atoms with Crippen molar-refractivity contribution in [2.45, 2.75) is 45.1 Å². The molecular formula is C14H24N4O2. The summed E-state index contributed by atoms with van der Waals surface area (Å²) in [5.74, 6) is 1.07. The number of carbonyl (C=O) groups is 1. The number of hydrogen-bond donors (Lipinski definition) is 3. The molecule has 0 radical (unpaired) electrons. The van der Waals surface area contributed by atoms with Crippen LogP contribution in [0, 0.1) is 5.92 Å². The molecular weight excluding hydrogens is 256 g/mol. The van der Waals surface area contributed by atoms with Crippen LogP contribution in [0.3, 0.4) is 0 Å². The number of urea groups is 1. The Morgan fingerprint density at radius 2 is 2.35 bits per heavy atom. The molecule has 1 aromatic heterocycles. The van der Waals surface area contributed by atoms with Gasteiger partial charge in [0.2, 0.25) is 0 Å². The summed E-state index contributed by atoms with van der Waals surface area (Å²) in [6.45, 7) is 2.64. The third kappa shape index (κ3) is 3.96. The molecule has 2 rings (SSSR count). The number of carbonyl (C=O) groups excluding carboxylic acids is 1. The molecule has 0 spiro atoms. The molecule has 1 aliphatic carbocycles. The highest BCUT2D eigenvalue weighted by molar-refractivity contribution is 5.88. The summed E-state index contributed by atoms with van der Waals surface area (Å²) in [6, 6.07) is 1.67. The van der Waals surface area contributed by atoms with Gasteiger partial charge in [-0.2, -0.15) is 5.10 Å². The number of hydrogen-bond acceptors (Lipinski definition) is 3. The van der Waals surface area contributed by atoms with Gasteiger partial charge in [0.15, 0.2) is 0 Å². The van der Waals surface area contributed by atoms with E-state index in [9.17, 15) is 9.90 Å². The SMILES string of the molecule is CCc1cc(NC(=O)NCC2CCCC(O)C2)n(C)n1. The average molecular weight is 280 g/mol. The van der Waals surface area contributed by atoms with Gasteiger partial charge in [-0.1, -0.05) is 13.3 Å². The van der Waals surface area contributed by atoms with Crippen LogP contribution in [-0.4, -0.2) is 33.6 Å². The van der Waals surface area contributed by atoms with E-state index in [-0.39, 0.29) is 12.1 Å². The van der Waals surface area contributed by atoms with Gasteiger partial charge in [-0.05, 0) is 31.6 Å². The van der Waals surface area contributed by atoms with E-state index in [1.165, 1.54) is 0 Å². The molecule has 2 amide bonds. The molecule has 1 aliphatic rings. The van der Waals surface area contributed by atoms with Crippen LogP contribution in [0.4, 0.5) is 10.6 Å². The lowest BCUT2D eigenvalue weighted by Gasteiger charge is -2.25. The number of aliphatic hydroxyl groups excluding tert-OH is 1. The fraction of sp³-hybridized carbons (Fsp3) is 0.714. The van der Waals surface area contributed by atoms with E-state index in [1.54, 1.807) is 4.68 Å². The van der Waals surface area contributed by atoms with E-state index in [0.29, 0.717) is 18.3 Å². The minimum Gasteiger partial charge on any atom is -0.393 e. The monoisotopic (exact) mass is 280 g/mol. The van der Waals surface area contributed by atoms with Crippen molar-refractivity contribution in [3.63, 3.8) is 0 Å². The van der Waals surface area contributed by atoms with Crippen molar-refractivity contribution in [2.24, 2.45) is 13.0 Å². The number of aliphatic hydroxyl groups is 1. The molecule has 112 valence electrons. The van der Waals surface area contributed by atoms with Crippen molar-refractivity contribution in [3.05, 3.63) is 11.8 Å². The zero-order valence-corrected chi connectivity index (χ0v) is 12.2. The van der Waals surface area contributed by atoms with Crippen molar-refractivity contribution in [2.75, 3.05) is 11.9 Å². The predicted octanol–water partition coefficient (Wildman–Crippen LogP) is 1.66. The standard InChI is InChI=1S/C14H24N4O2/c1-3-11-8-13(18(2)17-11)16-14(20)15-9-10-5-4-6-12(19)7-10/h8,10,12,19H,3-7,9H2,1-2H3,(H2,15,16,20). The van der Waals surface area contributed by atoms with Gasteiger partial charge in [0.1, 0.15) is 5.82 Å². The Hall–Kier alpha value is -1.56. The molecule has 20 heavy (non-hydrogen) atoms. The largest absolute Gasteiger partial charge is 0.393 e. The number of nitrogens with one attached hydrogen (secondary N) is 2. The third-order valence-corrected chi connectivity index (χ3v) is 3.84. The van der Waals surface area contributed by atoms with Crippen LogP contribution in [0.5, 0.6) is 0 Å². The zero-order chi connectivity index (χ0) is 14.5. The highest BCUT2D eigenvalue weighted by atomic mass is 16.3. The Morgan fingerprint density at radius 1 is 1.55 bits per heavy atom. The van der Waals surface area contributed by atoms with E-state index >= 15 is 0 Å². The van der Waals surface area contributed by atoms with Gasteiger partial charge < -0.3 is 10.4 Å². The summed E-state index contributed by atoms with van der Waals surface area (Å²) in [5, 5.41) is 19.6. The highest BCUT2D eigenvalue weighted by Crippen LogP contribution is 2.23. The fourth-order valence-electron chi connectivity index (χ4n) is 2.66. The minimum absolute atomic E-state index is 0.206. The molecule has 6 nitrogen and oxygen atoms in total.